The molecule has 0 amide bonds. The molecule has 8 rings (SSSR count). The van der Waals surface area contributed by atoms with Crippen LogP contribution in [0.15, 0.2) is 158 Å². The molecule has 0 saturated carbocycles. The quantitative estimate of drug-likeness (QED) is 0.167. The Labute approximate surface area is 297 Å². The smallest absolute Gasteiger partial charge is 0.00257 e. The minimum Gasteiger partial charge on any atom is -0.0622 e. The first kappa shape index (κ1) is 31.8. The van der Waals surface area contributed by atoms with Crippen LogP contribution in [-0.2, 0) is 10.8 Å². The van der Waals surface area contributed by atoms with Gasteiger partial charge in [-0.2, -0.15) is 0 Å². The average Bonchev–Trinajstić information content (AvgIpc) is 3.13. The Morgan fingerprint density at radius 2 is 0.720 bits per heavy atom. The maximum Gasteiger partial charge on any atom is -0.00257 e. The van der Waals surface area contributed by atoms with E-state index in [1.807, 2.05) is 0 Å². The Balaban J connectivity index is 1.55. The Bertz CT molecular complexity index is 2390. The fourth-order valence-corrected chi connectivity index (χ4v) is 7.49. The lowest BCUT2D eigenvalue weighted by molar-refractivity contribution is 0.591. The zero-order valence-corrected chi connectivity index (χ0v) is 30.0. The van der Waals surface area contributed by atoms with Crippen LogP contribution in [0, 0.1) is 0 Å². The molecule has 244 valence electrons. The van der Waals surface area contributed by atoms with Crippen molar-refractivity contribution in [1.82, 2.24) is 0 Å². The van der Waals surface area contributed by atoms with Crippen molar-refractivity contribution >= 4 is 32.3 Å². The lowest BCUT2D eigenvalue weighted by Gasteiger charge is -2.25. The molecular weight excluding hydrogens is 601 g/mol. The molecule has 0 aliphatic heterocycles. The van der Waals surface area contributed by atoms with Gasteiger partial charge in [0.2, 0.25) is 0 Å². The molecule has 0 bridgehead atoms. The van der Waals surface area contributed by atoms with Crippen molar-refractivity contribution in [3.8, 4) is 44.5 Å². The van der Waals surface area contributed by atoms with Gasteiger partial charge in [-0.25, -0.2) is 0 Å². The summed E-state index contributed by atoms with van der Waals surface area (Å²) in [5.74, 6) is 0. The first-order valence-electron chi connectivity index (χ1n) is 17.8. The van der Waals surface area contributed by atoms with E-state index < -0.39 is 0 Å². The number of hydrogen-bond acceptors (Lipinski definition) is 0. The van der Waals surface area contributed by atoms with Crippen molar-refractivity contribution in [2.24, 2.45) is 0 Å². The van der Waals surface area contributed by atoms with Crippen LogP contribution in [0.5, 0.6) is 0 Å². The minimum atomic E-state index is -0.00211. The maximum atomic E-state index is 2.48. The molecule has 0 aliphatic carbocycles. The number of benzene rings is 8. The van der Waals surface area contributed by atoms with Crippen molar-refractivity contribution in [2.75, 3.05) is 0 Å². The highest BCUT2D eigenvalue weighted by Crippen LogP contribution is 2.47. The predicted octanol–water partition coefficient (Wildman–Crippen LogP) is 14.4. The molecule has 0 unspecified atom stereocenters. The van der Waals surface area contributed by atoms with Crippen LogP contribution < -0.4 is 0 Å². The van der Waals surface area contributed by atoms with Crippen LogP contribution >= 0.6 is 0 Å². The molecule has 0 heterocycles. The van der Waals surface area contributed by atoms with E-state index >= 15 is 0 Å². The first-order chi connectivity index (χ1) is 24.0. The van der Waals surface area contributed by atoms with Gasteiger partial charge < -0.3 is 0 Å². The van der Waals surface area contributed by atoms with E-state index in [2.05, 4.69) is 199 Å². The van der Waals surface area contributed by atoms with Gasteiger partial charge in [0.25, 0.3) is 0 Å². The largest absolute Gasteiger partial charge is 0.0622 e. The molecule has 0 atom stereocenters. The molecule has 0 N–H and O–H groups in total. The molecule has 0 spiro atoms. The van der Waals surface area contributed by atoms with Gasteiger partial charge in [-0.15, -0.1) is 0 Å². The number of fused-ring (bicyclic) bond motifs is 3. The van der Waals surface area contributed by atoms with Crippen LogP contribution in [0.3, 0.4) is 0 Å². The van der Waals surface area contributed by atoms with E-state index in [1.165, 1.54) is 88.0 Å². The summed E-state index contributed by atoms with van der Waals surface area (Å²) in [5, 5.41) is 7.68. The lowest BCUT2D eigenvalue weighted by atomic mass is 9.79. The topological polar surface area (TPSA) is 0 Å². The third kappa shape index (κ3) is 5.80. The van der Waals surface area contributed by atoms with Crippen molar-refractivity contribution in [3.05, 3.63) is 169 Å². The van der Waals surface area contributed by atoms with E-state index in [1.54, 1.807) is 0 Å². The second kappa shape index (κ2) is 12.1. The summed E-state index contributed by atoms with van der Waals surface area (Å²) in [6.07, 6.45) is 0. The zero-order valence-electron chi connectivity index (χ0n) is 30.0. The maximum absolute atomic E-state index is 2.48. The Kier molecular flexibility index (Phi) is 7.72. The highest BCUT2D eigenvalue weighted by Gasteiger charge is 2.23. The van der Waals surface area contributed by atoms with Crippen molar-refractivity contribution in [3.63, 3.8) is 0 Å². The predicted molar refractivity (Wildman–Crippen MR) is 218 cm³/mol. The van der Waals surface area contributed by atoms with Gasteiger partial charge >= 0.3 is 0 Å². The lowest BCUT2D eigenvalue weighted by Crippen LogP contribution is -2.11. The van der Waals surface area contributed by atoms with Crippen LogP contribution in [0.1, 0.15) is 52.7 Å². The Morgan fingerprint density at radius 3 is 1.22 bits per heavy atom. The van der Waals surface area contributed by atoms with Gasteiger partial charge in [-0.05, 0) is 135 Å². The summed E-state index contributed by atoms with van der Waals surface area (Å²) < 4.78 is 0. The first-order valence-corrected chi connectivity index (χ1v) is 17.8. The Hall–Kier alpha value is -5.46. The second-order valence-electron chi connectivity index (χ2n) is 15.9. The van der Waals surface area contributed by atoms with Crippen LogP contribution in [0.2, 0.25) is 0 Å². The molecule has 8 aromatic rings. The van der Waals surface area contributed by atoms with Gasteiger partial charge in [0.1, 0.15) is 0 Å². The van der Waals surface area contributed by atoms with Gasteiger partial charge in [0, 0.05) is 0 Å². The monoisotopic (exact) mass is 644 g/mol. The molecule has 0 fully saturated rings. The summed E-state index contributed by atoms with van der Waals surface area (Å²) >= 11 is 0. The SMILES string of the molecule is CC(C)(C)c1ccc2c(-c3ccc4ccccc4c3)c3ccc(C(C)(C)C)cc3c(-c3cc(-c4ccccc4)cc(-c4ccccc4)c3)c2c1. The third-order valence-electron chi connectivity index (χ3n) is 10.3. The van der Waals surface area contributed by atoms with Crippen LogP contribution in [-0.4, -0.2) is 0 Å². The molecule has 0 radical (unpaired) electrons. The Morgan fingerprint density at radius 1 is 0.280 bits per heavy atom. The van der Waals surface area contributed by atoms with Gasteiger partial charge in [0.15, 0.2) is 0 Å². The average molecular weight is 645 g/mol. The molecule has 0 aromatic heterocycles. The van der Waals surface area contributed by atoms with E-state index in [-0.39, 0.29) is 10.8 Å². The van der Waals surface area contributed by atoms with Crippen molar-refractivity contribution in [2.45, 2.75) is 52.4 Å². The highest BCUT2D eigenvalue weighted by atomic mass is 14.3. The zero-order chi connectivity index (χ0) is 34.6. The van der Waals surface area contributed by atoms with E-state index in [0.29, 0.717) is 0 Å². The summed E-state index contributed by atoms with van der Waals surface area (Å²) in [6, 6.07) is 58.9. The van der Waals surface area contributed by atoms with Crippen molar-refractivity contribution < 1.29 is 0 Å². The third-order valence-corrected chi connectivity index (χ3v) is 10.3. The van der Waals surface area contributed by atoms with Gasteiger partial charge in [0.05, 0.1) is 0 Å². The minimum absolute atomic E-state index is 0.00211. The molecule has 8 aromatic carbocycles. The fraction of sp³-hybridized carbons (Fsp3) is 0.160. The van der Waals surface area contributed by atoms with Crippen LogP contribution in [0.4, 0.5) is 0 Å². The summed E-state index contributed by atoms with van der Waals surface area (Å²) in [5.41, 5.74) is 12.6. The summed E-state index contributed by atoms with van der Waals surface area (Å²) in [4.78, 5) is 0. The van der Waals surface area contributed by atoms with E-state index in [0.717, 1.165) is 0 Å². The summed E-state index contributed by atoms with van der Waals surface area (Å²) in [6.45, 7) is 13.9. The second-order valence-corrected chi connectivity index (χ2v) is 15.9. The van der Waals surface area contributed by atoms with Gasteiger partial charge in [-0.1, -0.05) is 163 Å². The van der Waals surface area contributed by atoms with E-state index in [9.17, 15) is 0 Å². The van der Waals surface area contributed by atoms with Gasteiger partial charge in [-0.3, -0.25) is 0 Å². The molecule has 50 heavy (non-hydrogen) atoms. The molecular formula is C50H44. The fourth-order valence-electron chi connectivity index (χ4n) is 7.49. The molecule has 0 aliphatic rings. The standard InChI is InChI=1S/C50H44/c1-49(2,3)41-23-25-43-45(31-41)48(40-29-38(33-15-9-7-10-16-33)28-39(30-40)34-17-11-8-12-18-34)46-32-42(50(4,5)6)24-26-44(46)47(43)37-22-21-35-19-13-14-20-36(35)27-37/h7-32H,1-6H3. The summed E-state index contributed by atoms with van der Waals surface area (Å²) in [7, 11) is 0. The normalized spacial score (nSPS) is 12.2. The van der Waals surface area contributed by atoms with Crippen LogP contribution in [0.25, 0.3) is 76.8 Å². The highest BCUT2D eigenvalue weighted by molar-refractivity contribution is 6.22. The number of hydrogen-bond donors (Lipinski definition) is 0. The molecule has 0 saturated heterocycles. The van der Waals surface area contributed by atoms with E-state index in [4.69, 9.17) is 0 Å². The van der Waals surface area contributed by atoms with Crippen molar-refractivity contribution in [1.29, 1.82) is 0 Å². The number of rotatable bonds is 4. The molecule has 0 heteroatoms. The molecule has 0 nitrogen and oxygen atoms in total.